The Hall–Kier alpha value is -0.860. The van der Waals surface area contributed by atoms with Gasteiger partial charge in [-0.25, -0.2) is 0 Å². The van der Waals surface area contributed by atoms with Gasteiger partial charge in [0.05, 0.1) is 17.8 Å². The molecule has 1 amide bonds. The summed E-state index contributed by atoms with van der Waals surface area (Å²) in [5, 5.41) is 0. The van der Waals surface area contributed by atoms with Crippen LogP contribution in [0.3, 0.4) is 0 Å². The average Bonchev–Trinajstić information content (AvgIpc) is 1.95. The number of carbonyl (C=O) groups excluding carboxylic acids is 1. The van der Waals surface area contributed by atoms with E-state index in [1.54, 1.807) is 18.3 Å². The molecule has 0 spiro atoms. The lowest BCUT2D eigenvalue weighted by molar-refractivity contribution is -0.136. The van der Waals surface area contributed by atoms with Crippen molar-refractivity contribution in [2.45, 2.75) is 26.8 Å². The summed E-state index contributed by atoms with van der Waals surface area (Å²) in [5.74, 6) is 0.139. The normalized spacial score (nSPS) is 29.3. The molecule has 62 valence electrons. The summed E-state index contributed by atoms with van der Waals surface area (Å²) in [4.78, 5) is 17.2. The maximum Gasteiger partial charge on any atom is 0.235 e. The molecule has 11 heavy (non-hydrogen) atoms. The second-order valence-electron chi connectivity index (χ2n) is 3.58. The van der Waals surface area contributed by atoms with Crippen LogP contribution in [0.5, 0.6) is 0 Å². The number of rotatable bonds is 0. The number of carbonyl (C=O) groups is 1. The Labute approximate surface area is 67.1 Å². The monoisotopic (exact) mass is 154 g/mol. The molecule has 0 aromatic rings. The summed E-state index contributed by atoms with van der Waals surface area (Å²) < 4.78 is 0. The van der Waals surface area contributed by atoms with Crippen molar-refractivity contribution < 1.29 is 4.79 Å². The number of aliphatic imine (C=N–C) groups is 1. The molecule has 0 aliphatic carbocycles. The van der Waals surface area contributed by atoms with Crippen molar-refractivity contribution in [2.24, 2.45) is 10.4 Å². The van der Waals surface area contributed by atoms with Crippen LogP contribution in [0, 0.1) is 5.41 Å². The first-order valence-corrected chi connectivity index (χ1v) is 3.77. The molecule has 1 heterocycles. The van der Waals surface area contributed by atoms with Gasteiger partial charge in [-0.3, -0.25) is 9.79 Å². The van der Waals surface area contributed by atoms with Crippen LogP contribution in [-0.4, -0.2) is 30.2 Å². The van der Waals surface area contributed by atoms with E-state index in [-0.39, 0.29) is 17.4 Å². The summed E-state index contributed by atoms with van der Waals surface area (Å²) in [6.45, 7) is 5.81. The van der Waals surface area contributed by atoms with Gasteiger partial charge < -0.3 is 4.90 Å². The molecule has 0 bridgehead atoms. The van der Waals surface area contributed by atoms with Gasteiger partial charge in [-0.15, -0.1) is 0 Å². The Bertz CT molecular complexity index is 208. The molecule has 0 fully saturated rings. The third kappa shape index (κ3) is 1.15. The van der Waals surface area contributed by atoms with Crippen molar-refractivity contribution in [3.05, 3.63) is 0 Å². The Morgan fingerprint density at radius 2 is 2.18 bits per heavy atom. The predicted octanol–water partition coefficient (Wildman–Crippen LogP) is 0.901. The SMILES string of the molecule is CC1N=CN(C)C(=O)C1(C)C. The van der Waals surface area contributed by atoms with Crippen molar-refractivity contribution in [1.82, 2.24) is 4.90 Å². The first-order chi connectivity index (χ1) is 4.96. The summed E-state index contributed by atoms with van der Waals surface area (Å²) >= 11 is 0. The minimum atomic E-state index is -0.344. The van der Waals surface area contributed by atoms with E-state index < -0.39 is 0 Å². The zero-order valence-electron chi connectivity index (χ0n) is 7.46. The van der Waals surface area contributed by atoms with Crippen LogP contribution in [0.25, 0.3) is 0 Å². The van der Waals surface area contributed by atoms with E-state index in [9.17, 15) is 4.79 Å². The summed E-state index contributed by atoms with van der Waals surface area (Å²) in [6, 6.07) is 0.0891. The zero-order chi connectivity index (χ0) is 8.65. The van der Waals surface area contributed by atoms with E-state index in [0.29, 0.717) is 0 Å². The molecule has 0 saturated heterocycles. The standard InChI is InChI=1S/C8H14N2O/c1-6-8(2,3)7(11)10(4)5-9-6/h5-6H,1-4H3. The molecular weight excluding hydrogens is 140 g/mol. The van der Waals surface area contributed by atoms with Crippen LogP contribution in [-0.2, 0) is 4.79 Å². The molecule has 0 aromatic carbocycles. The van der Waals surface area contributed by atoms with Crippen molar-refractivity contribution in [3.8, 4) is 0 Å². The Morgan fingerprint density at radius 1 is 1.64 bits per heavy atom. The van der Waals surface area contributed by atoms with E-state index in [2.05, 4.69) is 4.99 Å². The molecule has 0 N–H and O–H groups in total. The molecule has 0 radical (unpaired) electrons. The lowest BCUT2D eigenvalue weighted by Gasteiger charge is -2.34. The largest absolute Gasteiger partial charge is 0.306 e. The number of amides is 1. The summed E-state index contributed by atoms with van der Waals surface area (Å²) in [6.07, 6.45) is 1.60. The maximum absolute atomic E-state index is 11.5. The lowest BCUT2D eigenvalue weighted by atomic mass is 9.83. The number of hydrogen-bond acceptors (Lipinski definition) is 2. The van der Waals surface area contributed by atoms with Crippen LogP contribution in [0.15, 0.2) is 4.99 Å². The van der Waals surface area contributed by atoms with Crippen molar-refractivity contribution in [1.29, 1.82) is 0 Å². The molecular formula is C8H14N2O. The van der Waals surface area contributed by atoms with Crippen molar-refractivity contribution in [3.63, 3.8) is 0 Å². The smallest absolute Gasteiger partial charge is 0.235 e. The second kappa shape index (κ2) is 2.32. The summed E-state index contributed by atoms with van der Waals surface area (Å²) in [7, 11) is 1.74. The summed E-state index contributed by atoms with van der Waals surface area (Å²) in [5.41, 5.74) is -0.344. The molecule has 0 aromatic heterocycles. The third-order valence-electron chi connectivity index (χ3n) is 2.38. The van der Waals surface area contributed by atoms with Gasteiger partial charge in [0, 0.05) is 7.05 Å². The van der Waals surface area contributed by atoms with Gasteiger partial charge in [-0.2, -0.15) is 0 Å². The van der Waals surface area contributed by atoms with Crippen LogP contribution in [0.4, 0.5) is 0 Å². The minimum Gasteiger partial charge on any atom is -0.306 e. The van der Waals surface area contributed by atoms with Gasteiger partial charge in [0.25, 0.3) is 0 Å². The first-order valence-electron chi connectivity index (χ1n) is 3.77. The second-order valence-corrected chi connectivity index (χ2v) is 3.58. The van der Waals surface area contributed by atoms with E-state index in [4.69, 9.17) is 0 Å². The van der Waals surface area contributed by atoms with Crippen LogP contribution in [0.2, 0.25) is 0 Å². The number of nitrogens with zero attached hydrogens (tertiary/aromatic N) is 2. The zero-order valence-corrected chi connectivity index (χ0v) is 7.46. The Kier molecular flexibility index (Phi) is 1.74. The molecule has 3 heteroatoms. The van der Waals surface area contributed by atoms with Gasteiger partial charge in [-0.05, 0) is 20.8 Å². The number of hydrogen-bond donors (Lipinski definition) is 0. The topological polar surface area (TPSA) is 32.7 Å². The molecule has 1 aliphatic rings. The molecule has 1 unspecified atom stereocenters. The highest BCUT2D eigenvalue weighted by Gasteiger charge is 2.38. The average molecular weight is 154 g/mol. The van der Waals surface area contributed by atoms with E-state index >= 15 is 0 Å². The van der Waals surface area contributed by atoms with Crippen LogP contribution >= 0.6 is 0 Å². The quantitative estimate of drug-likeness (QED) is 0.510. The molecule has 1 aliphatic heterocycles. The molecule has 1 atom stereocenters. The molecule has 0 saturated carbocycles. The van der Waals surface area contributed by atoms with Gasteiger partial charge >= 0.3 is 0 Å². The van der Waals surface area contributed by atoms with E-state index in [0.717, 1.165) is 0 Å². The van der Waals surface area contributed by atoms with Crippen molar-refractivity contribution >= 4 is 12.2 Å². The maximum atomic E-state index is 11.5. The van der Waals surface area contributed by atoms with Crippen molar-refractivity contribution in [2.75, 3.05) is 7.05 Å². The fraction of sp³-hybridized carbons (Fsp3) is 0.750. The third-order valence-corrected chi connectivity index (χ3v) is 2.38. The lowest BCUT2D eigenvalue weighted by Crippen LogP contribution is -2.47. The fourth-order valence-electron chi connectivity index (χ4n) is 1.07. The highest BCUT2D eigenvalue weighted by atomic mass is 16.2. The molecule has 3 nitrogen and oxygen atoms in total. The van der Waals surface area contributed by atoms with E-state index in [1.165, 1.54) is 0 Å². The minimum absolute atomic E-state index is 0.0891. The van der Waals surface area contributed by atoms with Gasteiger partial charge in [0.1, 0.15) is 0 Å². The van der Waals surface area contributed by atoms with Gasteiger partial charge in [0.15, 0.2) is 0 Å². The first kappa shape index (κ1) is 8.24. The fourth-order valence-corrected chi connectivity index (χ4v) is 1.07. The van der Waals surface area contributed by atoms with Gasteiger partial charge in [0.2, 0.25) is 5.91 Å². The predicted molar refractivity (Wildman–Crippen MR) is 44.5 cm³/mol. The highest BCUT2D eigenvalue weighted by Crippen LogP contribution is 2.27. The van der Waals surface area contributed by atoms with Crippen LogP contribution < -0.4 is 0 Å². The Morgan fingerprint density at radius 3 is 2.64 bits per heavy atom. The van der Waals surface area contributed by atoms with E-state index in [1.807, 2.05) is 20.8 Å². The van der Waals surface area contributed by atoms with Gasteiger partial charge in [-0.1, -0.05) is 0 Å². The Balaban J connectivity index is 2.97. The highest BCUT2D eigenvalue weighted by molar-refractivity contribution is 5.93. The molecule has 1 rings (SSSR count). The van der Waals surface area contributed by atoms with Crippen LogP contribution in [0.1, 0.15) is 20.8 Å².